The quantitative estimate of drug-likeness (QED) is 0.732. The van der Waals surface area contributed by atoms with E-state index in [0.717, 1.165) is 54.7 Å². The van der Waals surface area contributed by atoms with Crippen LogP contribution in [0.2, 0.25) is 0 Å². The highest BCUT2D eigenvalue weighted by molar-refractivity contribution is 5.99. The Hall–Kier alpha value is -2.83. The van der Waals surface area contributed by atoms with Crippen LogP contribution in [-0.4, -0.2) is 34.3 Å². The lowest BCUT2D eigenvalue weighted by Gasteiger charge is -2.32. The van der Waals surface area contributed by atoms with Crippen LogP contribution in [0, 0.1) is 0 Å². The summed E-state index contributed by atoms with van der Waals surface area (Å²) in [6, 6.07) is 5.56. The number of unbranched alkanes of at least 4 members (excludes halogenated alkanes) is 2. The van der Waals surface area contributed by atoms with Crippen molar-refractivity contribution < 1.29 is 14.3 Å². The summed E-state index contributed by atoms with van der Waals surface area (Å²) in [4.78, 5) is 17.1. The zero-order chi connectivity index (χ0) is 19.5. The van der Waals surface area contributed by atoms with Gasteiger partial charge in [0, 0.05) is 17.7 Å². The van der Waals surface area contributed by atoms with Crippen LogP contribution in [0.5, 0.6) is 11.5 Å². The fourth-order valence-electron chi connectivity index (χ4n) is 3.91. The number of benzene rings is 1. The summed E-state index contributed by atoms with van der Waals surface area (Å²) in [6.07, 6.45) is 7.10. The Morgan fingerprint density at radius 3 is 2.96 bits per heavy atom. The van der Waals surface area contributed by atoms with E-state index >= 15 is 0 Å². The van der Waals surface area contributed by atoms with Crippen molar-refractivity contribution in [2.45, 2.75) is 51.5 Å². The molecule has 0 unspecified atom stereocenters. The Morgan fingerprint density at radius 2 is 2.14 bits per heavy atom. The summed E-state index contributed by atoms with van der Waals surface area (Å²) < 4.78 is 13.3. The van der Waals surface area contributed by atoms with E-state index < -0.39 is 0 Å². The highest BCUT2D eigenvalue weighted by Crippen LogP contribution is 2.41. The molecule has 1 aliphatic carbocycles. The third-order valence-electron chi connectivity index (χ3n) is 5.32. The van der Waals surface area contributed by atoms with Crippen LogP contribution in [0.1, 0.15) is 57.1 Å². The molecule has 4 rings (SSSR count). The first-order valence-electron chi connectivity index (χ1n) is 9.96. The second kappa shape index (κ2) is 8.04. The molecular formula is C21H26N4O3. The Morgan fingerprint density at radius 1 is 1.25 bits per heavy atom. The molecule has 1 aromatic heterocycles. The van der Waals surface area contributed by atoms with Gasteiger partial charge in [-0.1, -0.05) is 25.8 Å². The molecule has 1 atom stereocenters. The van der Waals surface area contributed by atoms with Crippen LogP contribution in [0.25, 0.3) is 0 Å². The molecule has 0 saturated heterocycles. The van der Waals surface area contributed by atoms with E-state index in [1.807, 2.05) is 18.2 Å². The zero-order valence-electron chi connectivity index (χ0n) is 16.4. The first kappa shape index (κ1) is 18.5. The Labute approximate surface area is 164 Å². The van der Waals surface area contributed by atoms with Gasteiger partial charge in [-0.2, -0.15) is 10.1 Å². The maximum Gasteiger partial charge on any atom is 0.226 e. The number of hydrogen-bond acceptors (Lipinski definition) is 6. The largest absolute Gasteiger partial charge is 0.493 e. The van der Waals surface area contributed by atoms with Gasteiger partial charge in [0.2, 0.25) is 5.95 Å². The minimum absolute atomic E-state index is 0.166. The average Bonchev–Trinajstić information content (AvgIpc) is 3.18. The predicted octanol–water partition coefficient (Wildman–Crippen LogP) is 3.88. The van der Waals surface area contributed by atoms with Crippen LogP contribution in [0.3, 0.4) is 0 Å². The lowest BCUT2D eigenvalue weighted by Crippen LogP contribution is -2.31. The maximum absolute atomic E-state index is 12.8. The molecule has 1 aliphatic heterocycles. The highest BCUT2D eigenvalue weighted by Gasteiger charge is 2.36. The molecule has 0 fully saturated rings. The predicted molar refractivity (Wildman–Crippen MR) is 106 cm³/mol. The number of anilines is 1. The number of Topliss-reactive ketones (excluding diaryl/α,β-unsaturated/α-hetero) is 1. The van der Waals surface area contributed by atoms with Crippen molar-refractivity contribution in [3.63, 3.8) is 0 Å². The third kappa shape index (κ3) is 3.37. The number of hydrogen-bond donors (Lipinski definition) is 1. The van der Waals surface area contributed by atoms with Gasteiger partial charge in [0.15, 0.2) is 17.3 Å². The van der Waals surface area contributed by atoms with Gasteiger partial charge in [0.25, 0.3) is 0 Å². The first-order chi connectivity index (χ1) is 13.7. The molecule has 7 nitrogen and oxygen atoms in total. The summed E-state index contributed by atoms with van der Waals surface area (Å²) in [6.45, 7) is 2.83. The van der Waals surface area contributed by atoms with Crippen LogP contribution < -0.4 is 14.8 Å². The van der Waals surface area contributed by atoms with Gasteiger partial charge in [0.1, 0.15) is 12.4 Å². The van der Waals surface area contributed by atoms with Gasteiger partial charge < -0.3 is 14.8 Å². The number of carbonyl (C=O) groups is 1. The number of rotatable bonds is 7. The third-order valence-corrected chi connectivity index (χ3v) is 5.32. The Bertz CT molecular complexity index is 903. The van der Waals surface area contributed by atoms with Crippen molar-refractivity contribution >= 4 is 11.7 Å². The van der Waals surface area contributed by atoms with E-state index in [2.05, 4.69) is 22.3 Å². The van der Waals surface area contributed by atoms with E-state index in [9.17, 15) is 4.79 Å². The number of carbonyl (C=O) groups excluding carboxylic acids is 1. The van der Waals surface area contributed by atoms with Crippen molar-refractivity contribution in [3.05, 3.63) is 41.4 Å². The molecule has 0 bridgehead atoms. The van der Waals surface area contributed by atoms with Crippen LogP contribution in [0.4, 0.5) is 5.95 Å². The normalized spacial score (nSPS) is 18.4. The number of ether oxygens (including phenoxy) is 2. The molecule has 1 aromatic carbocycles. The fraction of sp³-hybridized carbons (Fsp3) is 0.476. The van der Waals surface area contributed by atoms with Crippen LogP contribution in [-0.2, 0) is 4.79 Å². The molecule has 0 radical (unpaired) electrons. The molecule has 0 amide bonds. The number of nitrogens with one attached hydrogen (secondary N) is 1. The monoisotopic (exact) mass is 382 g/mol. The van der Waals surface area contributed by atoms with Crippen molar-refractivity contribution in [1.29, 1.82) is 0 Å². The lowest BCUT2D eigenvalue weighted by molar-refractivity contribution is -0.116. The molecule has 148 valence electrons. The first-order valence-corrected chi connectivity index (χ1v) is 9.96. The highest BCUT2D eigenvalue weighted by atomic mass is 16.5. The average molecular weight is 382 g/mol. The van der Waals surface area contributed by atoms with Gasteiger partial charge in [-0.25, -0.2) is 4.68 Å². The summed E-state index contributed by atoms with van der Waals surface area (Å²) in [5.41, 5.74) is 2.68. The van der Waals surface area contributed by atoms with E-state index in [1.54, 1.807) is 11.8 Å². The molecule has 7 heteroatoms. The van der Waals surface area contributed by atoms with Crippen molar-refractivity contribution in [2.24, 2.45) is 0 Å². The zero-order valence-corrected chi connectivity index (χ0v) is 16.4. The van der Waals surface area contributed by atoms with Crippen LogP contribution >= 0.6 is 0 Å². The number of nitrogens with zero attached hydrogens (tertiary/aromatic N) is 3. The number of aromatic nitrogens is 3. The molecule has 2 heterocycles. The van der Waals surface area contributed by atoms with Gasteiger partial charge in [-0.3, -0.25) is 4.79 Å². The Balaban J connectivity index is 1.69. The minimum Gasteiger partial charge on any atom is -0.493 e. The van der Waals surface area contributed by atoms with Gasteiger partial charge >= 0.3 is 0 Å². The van der Waals surface area contributed by atoms with Crippen LogP contribution in [0.15, 0.2) is 35.8 Å². The second-order valence-corrected chi connectivity index (χ2v) is 7.19. The van der Waals surface area contributed by atoms with Gasteiger partial charge in [0.05, 0.1) is 13.7 Å². The minimum atomic E-state index is -0.301. The number of methoxy groups -OCH3 is 1. The standard InChI is InChI=1S/C21H26N4O3/c1-3-4-5-11-28-17-10-9-14(12-18(17)27-2)20-19-15(7-6-8-16(19)26)24-21-22-13-23-25(20)21/h9-10,12-13,20H,3-8,11H2,1-2H3,(H,22,23,24)/t20-/m1/s1. The molecule has 2 aliphatic rings. The lowest BCUT2D eigenvalue weighted by atomic mass is 9.85. The summed E-state index contributed by atoms with van der Waals surface area (Å²) >= 11 is 0. The van der Waals surface area contributed by atoms with Gasteiger partial charge in [-0.15, -0.1) is 0 Å². The van der Waals surface area contributed by atoms with E-state index in [-0.39, 0.29) is 11.8 Å². The maximum atomic E-state index is 12.8. The van der Waals surface area contributed by atoms with E-state index in [0.29, 0.717) is 24.7 Å². The van der Waals surface area contributed by atoms with Crippen molar-refractivity contribution in [3.8, 4) is 11.5 Å². The number of ketones is 1. The summed E-state index contributed by atoms with van der Waals surface area (Å²) in [7, 11) is 1.64. The molecular weight excluding hydrogens is 356 g/mol. The molecule has 2 aromatic rings. The molecule has 0 saturated carbocycles. The number of fused-ring (bicyclic) bond motifs is 1. The topological polar surface area (TPSA) is 78.3 Å². The summed E-state index contributed by atoms with van der Waals surface area (Å²) in [5, 5.41) is 7.65. The number of allylic oxidation sites excluding steroid dienone is 2. The Kier molecular flexibility index (Phi) is 5.32. The van der Waals surface area contributed by atoms with Gasteiger partial charge in [-0.05, 0) is 37.0 Å². The molecule has 0 spiro atoms. The SMILES string of the molecule is CCCCCOc1ccc([C@@H]2C3=C(CCCC3=O)Nc3ncnn32)cc1OC. The van der Waals surface area contributed by atoms with Crippen molar-refractivity contribution in [1.82, 2.24) is 14.8 Å². The molecule has 1 N–H and O–H groups in total. The summed E-state index contributed by atoms with van der Waals surface area (Å²) in [5.74, 6) is 2.22. The van der Waals surface area contributed by atoms with E-state index in [1.165, 1.54) is 6.33 Å². The van der Waals surface area contributed by atoms with E-state index in [4.69, 9.17) is 9.47 Å². The second-order valence-electron chi connectivity index (χ2n) is 7.19. The van der Waals surface area contributed by atoms with Crippen molar-refractivity contribution in [2.75, 3.05) is 19.0 Å². The fourth-order valence-corrected chi connectivity index (χ4v) is 3.91. The smallest absolute Gasteiger partial charge is 0.226 e. The molecule has 28 heavy (non-hydrogen) atoms.